The second-order valence-electron chi connectivity index (χ2n) is 6.18. The van der Waals surface area contributed by atoms with Crippen molar-refractivity contribution in [1.29, 1.82) is 0 Å². The number of anilines is 2. The number of nitrogens with one attached hydrogen (secondary N) is 2. The summed E-state index contributed by atoms with van der Waals surface area (Å²) in [6.07, 6.45) is 0.959. The number of benzene rings is 2. The van der Waals surface area contributed by atoms with Gasteiger partial charge in [-0.2, -0.15) is 0 Å². The molecule has 1 heterocycles. The van der Waals surface area contributed by atoms with E-state index in [1.54, 1.807) is 31.4 Å². The third kappa shape index (κ3) is 4.40. The summed E-state index contributed by atoms with van der Waals surface area (Å²) in [6, 6.07) is 15.1. The lowest BCUT2D eigenvalue weighted by molar-refractivity contribution is -0.115. The molecule has 0 radical (unpaired) electrons. The lowest BCUT2D eigenvalue weighted by atomic mass is 10.2. The molecule has 1 aliphatic heterocycles. The Bertz CT molecular complexity index is 791. The van der Waals surface area contributed by atoms with E-state index in [-0.39, 0.29) is 11.8 Å². The van der Waals surface area contributed by atoms with Crippen LogP contribution in [-0.2, 0) is 16.0 Å². The summed E-state index contributed by atoms with van der Waals surface area (Å²) in [4.78, 5) is 26.6. The summed E-state index contributed by atoms with van der Waals surface area (Å²) >= 11 is 0. The lowest BCUT2D eigenvalue weighted by Gasteiger charge is -2.18. The number of amides is 2. The highest BCUT2D eigenvalue weighted by molar-refractivity contribution is 5.98. The van der Waals surface area contributed by atoms with E-state index in [9.17, 15) is 9.59 Å². The van der Waals surface area contributed by atoms with Crippen molar-refractivity contribution in [3.63, 3.8) is 0 Å². The molecule has 2 N–H and O–H groups in total. The lowest BCUT2D eigenvalue weighted by Crippen LogP contribution is -2.32. The van der Waals surface area contributed by atoms with Gasteiger partial charge in [0.1, 0.15) is 0 Å². The molecule has 136 valence electrons. The summed E-state index contributed by atoms with van der Waals surface area (Å²) in [7, 11) is 1.58. The van der Waals surface area contributed by atoms with E-state index < -0.39 is 0 Å². The fourth-order valence-corrected chi connectivity index (χ4v) is 3.05. The number of para-hydroxylation sites is 1. The Labute approximate surface area is 153 Å². The molecule has 0 spiro atoms. The fraction of sp³-hybridized carbons (Fsp3) is 0.300. The van der Waals surface area contributed by atoms with Crippen molar-refractivity contribution in [2.45, 2.75) is 6.42 Å². The van der Waals surface area contributed by atoms with E-state index in [1.807, 2.05) is 18.2 Å². The zero-order valence-corrected chi connectivity index (χ0v) is 14.8. The van der Waals surface area contributed by atoms with Crippen molar-refractivity contribution in [3.8, 4) is 0 Å². The highest BCUT2D eigenvalue weighted by Gasteiger charge is 2.20. The van der Waals surface area contributed by atoms with Crippen molar-refractivity contribution in [3.05, 3.63) is 59.7 Å². The van der Waals surface area contributed by atoms with Gasteiger partial charge in [-0.05, 0) is 36.2 Å². The minimum Gasteiger partial charge on any atom is -0.383 e. The van der Waals surface area contributed by atoms with Gasteiger partial charge in [0.2, 0.25) is 5.91 Å². The number of rotatable bonds is 7. The second kappa shape index (κ2) is 8.49. The maximum Gasteiger partial charge on any atom is 0.251 e. The van der Waals surface area contributed by atoms with Crippen molar-refractivity contribution in [2.75, 3.05) is 43.6 Å². The number of fused-ring (bicyclic) bond motifs is 1. The average Bonchev–Trinajstić information content (AvgIpc) is 3.05. The first-order valence-electron chi connectivity index (χ1n) is 8.67. The normalized spacial score (nSPS) is 12.6. The van der Waals surface area contributed by atoms with Gasteiger partial charge in [0.25, 0.3) is 5.91 Å². The number of ether oxygens (including phenoxy) is 1. The predicted octanol–water partition coefficient (Wildman–Crippen LogP) is 2.06. The molecule has 0 fully saturated rings. The topological polar surface area (TPSA) is 70.7 Å². The number of nitrogens with zero attached hydrogens (tertiary/aromatic N) is 1. The Hall–Kier alpha value is -2.86. The molecule has 0 saturated carbocycles. The van der Waals surface area contributed by atoms with Crippen molar-refractivity contribution in [2.24, 2.45) is 0 Å². The smallest absolute Gasteiger partial charge is 0.251 e. The SMILES string of the molecule is COCCNC(=O)c1cccc(NC(=O)CN2CCc3ccccc32)c1. The van der Waals surface area contributed by atoms with Gasteiger partial charge >= 0.3 is 0 Å². The molecule has 2 amide bonds. The van der Waals surface area contributed by atoms with E-state index in [2.05, 4.69) is 21.6 Å². The summed E-state index contributed by atoms with van der Waals surface area (Å²) < 4.78 is 4.92. The zero-order valence-electron chi connectivity index (χ0n) is 14.8. The van der Waals surface area contributed by atoms with Crippen LogP contribution in [0.5, 0.6) is 0 Å². The first-order valence-corrected chi connectivity index (χ1v) is 8.67. The molecule has 6 heteroatoms. The Kier molecular flexibility index (Phi) is 5.86. The highest BCUT2D eigenvalue weighted by atomic mass is 16.5. The molecule has 26 heavy (non-hydrogen) atoms. The second-order valence-corrected chi connectivity index (χ2v) is 6.18. The molecule has 0 bridgehead atoms. The van der Waals surface area contributed by atoms with Gasteiger partial charge in [0.05, 0.1) is 13.2 Å². The van der Waals surface area contributed by atoms with Crippen molar-refractivity contribution in [1.82, 2.24) is 5.32 Å². The molecule has 1 aliphatic rings. The number of hydrogen-bond acceptors (Lipinski definition) is 4. The maximum atomic E-state index is 12.4. The monoisotopic (exact) mass is 353 g/mol. The van der Waals surface area contributed by atoms with Crippen LogP contribution >= 0.6 is 0 Å². The third-order valence-corrected chi connectivity index (χ3v) is 4.32. The predicted molar refractivity (Wildman–Crippen MR) is 102 cm³/mol. The van der Waals surface area contributed by atoms with Gasteiger partial charge in [-0.15, -0.1) is 0 Å². The van der Waals surface area contributed by atoms with Crippen LogP contribution in [0.25, 0.3) is 0 Å². The van der Waals surface area contributed by atoms with Gasteiger partial charge in [-0.3, -0.25) is 9.59 Å². The van der Waals surface area contributed by atoms with Crippen LogP contribution in [0.15, 0.2) is 48.5 Å². The Morgan fingerprint density at radius 2 is 2.00 bits per heavy atom. The van der Waals surface area contributed by atoms with Crippen LogP contribution in [0.2, 0.25) is 0 Å². The molecular formula is C20H23N3O3. The number of carbonyl (C=O) groups excluding carboxylic acids is 2. The minimum absolute atomic E-state index is 0.0985. The molecule has 3 rings (SSSR count). The van der Waals surface area contributed by atoms with E-state index in [4.69, 9.17) is 4.74 Å². The average molecular weight is 353 g/mol. The first-order chi connectivity index (χ1) is 12.7. The molecule has 0 atom stereocenters. The van der Waals surface area contributed by atoms with Crippen LogP contribution < -0.4 is 15.5 Å². The van der Waals surface area contributed by atoms with Crippen LogP contribution in [-0.4, -0.2) is 45.2 Å². The molecule has 0 saturated heterocycles. The maximum absolute atomic E-state index is 12.4. The van der Waals surface area contributed by atoms with Crippen molar-refractivity contribution >= 4 is 23.2 Å². The summed E-state index contributed by atoms with van der Waals surface area (Å²) in [5.74, 6) is -0.287. The molecule has 0 unspecified atom stereocenters. The summed E-state index contributed by atoms with van der Waals surface area (Å²) in [5, 5.41) is 5.64. The first kappa shape index (κ1) is 17.9. The van der Waals surface area contributed by atoms with Gasteiger partial charge < -0.3 is 20.3 Å². The third-order valence-electron chi connectivity index (χ3n) is 4.32. The van der Waals surface area contributed by atoms with Gasteiger partial charge in [0.15, 0.2) is 0 Å². The minimum atomic E-state index is -0.188. The molecule has 6 nitrogen and oxygen atoms in total. The van der Waals surface area contributed by atoms with Gasteiger partial charge in [0, 0.05) is 37.1 Å². The highest BCUT2D eigenvalue weighted by Crippen LogP contribution is 2.27. The summed E-state index contributed by atoms with van der Waals surface area (Å²) in [6.45, 7) is 2.04. The largest absolute Gasteiger partial charge is 0.383 e. The van der Waals surface area contributed by atoms with E-state index >= 15 is 0 Å². The van der Waals surface area contributed by atoms with Crippen molar-refractivity contribution < 1.29 is 14.3 Å². The van der Waals surface area contributed by atoms with Gasteiger partial charge in [-0.1, -0.05) is 24.3 Å². The van der Waals surface area contributed by atoms with E-state index in [0.717, 1.165) is 18.7 Å². The molecule has 2 aromatic rings. The molecule has 0 aromatic heterocycles. The molecule has 0 aliphatic carbocycles. The number of carbonyl (C=O) groups is 2. The zero-order chi connectivity index (χ0) is 18.4. The van der Waals surface area contributed by atoms with E-state index in [0.29, 0.717) is 30.9 Å². The Morgan fingerprint density at radius 1 is 1.15 bits per heavy atom. The van der Waals surface area contributed by atoms with Crippen LogP contribution in [0, 0.1) is 0 Å². The van der Waals surface area contributed by atoms with Crippen LogP contribution in [0.3, 0.4) is 0 Å². The van der Waals surface area contributed by atoms with Crippen LogP contribution in [0.1, 0.15) is 15.9 Å². The Morgan fingerprint density at radius 3 is 2.85 bits per heavy atom. The number of methoxy groups -OCH3 is 1. The van der Waals surface area contributed by atoms with Crippen LogP contribution in [0.4, 0.5) is 11.4 Å². The Balaban J connectivity index is 1.58. The summed E-state index contributed by atoms with van der Waals surface area (Å²) in [5.41, 5.74) is 3.51. The quantitative estimate of drug-likeness (QED) is 0.748. The fourth-order valence-electron chi connectivity index (χ4n) is 3.05. The molecular weight excluding hydrogens is 330 g/mol. The standard InChI is InChI=1S/C20H23N3O3/c1-26-12-10-21-20(25)16-6-4-7-17(13-16)22-19(24)14-23-11-9-15-5-2-3-8-18(15)23/h2-8,13H,9-12,14H2,1H3,(H,21,25)(H,22,24). The molecule has 2 aromatic carbocycles. The van der Waals surface area contributed by atoms with Gasteiger partial charge in [-0.25, -0.2) is 0 Å². The van der Waals surface area contributed by atoms with E-state index in [1.165, 1.54) is 5.56 Å². The number of hydrogen-bond donors (Lipinski definition) is 2.